The fraction of sp³-hybridized carbons (Fsp3) is 0. The largest absolute Gasteiger partial charge is 0.743 e. The maximum Gasteiger partial charge on any atom is 0.0562 e. The Morgan fingerprint density at radius 3 is 1.76 bits per heavy atom. The minimum Gasteiger partial charge on any atom is -0.743 e. The van der Waals surface area contributed by atoms with Crippen molar-refractivity contribution in [1.29, 1.82) is 0 Å². The van der Waals surface area contributed by atoms with Crippen molar-refractivity contribution in [2.24, 2.45) is 5.84 Å². The van der Waals surface area contributed by atoms with Crippen LogP contribution in [0.25, 0.3) is 21.5 Å². The van der Waals surface area contributed by atoms with Crippen LogP contribution in [0.2, 0.25) is 0 Å². The van der Waals surface area contributed by atoms with E-state index in [1.165, 1.54) is 0 Å². The molecule has 3 rings (SSSR count). The molecule has 0 fully saturated rings. The van der Waals surface area contributed by atoms with Crippen LogP contribution >= 0.6 is 0 Å². The average molecular weight is 223 g/mol. The first kappa shape index (κ1) is 10.1. The van der Waals surface area contributed by atoms with Gasteiger partial charge in [0.1, 0.15) is 0 Å². The zero-order valence-corrected chi connectivity index (χ0v) is 9.13. The molecule has 3 heteroatoms. The number of hydrogen-bond acceptors (Lipinski definition) is 3. The third-order valence-electron chi connectivity index (χ3n) is 2.96. The van der Waals surface area contributed by atoms with Crippen LogP contribution in [-0.4, -0.2) is 0 Å². The Labute approximate surface area is 98.6 Å². The van der Waals surface area contributed by atoms with Gasteiger partial charge in [0.25, 0.3) is 0 Å². The molecule has 0 atom stereocenters. The first-order valence-corrected chi connectivity index (χ1v) is 5.40. The molecule has 3 nitrogen and oxygen atoms in total. The number of nitrogens with two attached hydrogens (primary N) is 1. The summed E-state index contributed by atoms with van der Waals surface area (Å²) in [5.41, 5.74) is 0.527. The Morgan fingerprint density at radius 2 is 1.29 bits per heavy atom. The van der Waals surface area contributed by atoms with Gasteiger partial charge in [-0.15, -0.1) is 0 Å². The zero-order chi connectivity index (χ0) is 11.8. The van der Waals surface area contributed by atoms with Crippen molar-refractivity contribution < 1.29 is 0 Å². The lowest BCUT2D eigenvalue weighted by Crippen LogP contribution is -2.23. The Balaban J connectivity index is 2.56. The van der Waals surface area contributed by atoms with E-state index in [0.717, 1.165) is 21.5 Å². The third-order valence-corrected chi connectivity index (χ3v) is 2.96. The standard InChI is InChI=1S/C14H11N2O/c15-16(17)14-12-7-3-1-5-10(12)9-11-6-2-4-8-13(11)14/h1-9H,15H2/q-1. The van der Waals surface area contributed by atoms with E-state index < -0.39 is 0 Å². The normalized spacial score (nSPS) is 10.9. The van der Waals surface area contributed by atoms with Crippen molar-refractivity contribution in [3.63, 3.8) is 0 Å². The minimum atomic E-state index is 0.449. The van der Waals surface area contributed by atoms with Gasteiger partial charge in [-0.2, -0.15) is 0 Å². The number of rotatable bonds is 1. The second-order valence-corrected chi connectivity index (χ2v) is 3.99. The Bertz CT molecular complexity index is 638. The number of anilines is 1. The number of hydrogen-bond donors (Lipinski definition) is 1. The summed E-state index contributed by atoms with van der Waals surface area (Å²) in [6.07, 6.45) is 0. The molecule has 0 heterocycles. The van der Waals surface area contributed by atoms with E-state index in [-0.39, 0.29) is 0 Å². The molecule has 0 spiro atoms. The quantitative estimate of drug-likeness (QED) is 0.391. The molecule has 3 aromatic rings. The van der Waals surface area contributed by atoms with Gasteiger partial charge < -0.3 is 10.4 Å². The Morgan fingerprint density at radius 1 is 0.824 bits per heavy atom. The summed E-state index contributed by atoms with van der Waals surface area (Å²) >= 11 is 0. The third kappa shape index (κ3) is 1.53. The molecule has 17 heavy (non-hydrogen) atoms. The Kier molecular flexibility index (Phi) is 2.21. The molecule has 3 aromatic carbocycles. The van der Waals surface area contributed by atoms with Gasteiger partial charge in [0.15, 0.2) is 0 Å². The van der Waals surface area contributed by atoms with Crippen molar-refractivity contribution in [3.8, 4) is 0 Å². The highest BCUT2D eigenvalue weighted by atomic mass is 16.5. The summed E-state index contributed by atoms with van der Waals surface area (Å²) in [6, 6.07) is 17.6. The number of nitrogens with zero attached hydrogens (tertiary/aromatic N) is 1. The molecule has 0 radical (unpaired) electrons. The van der Waals surface area contributed by atoms with Gasteiger partial charge in [-0.25, -0.2) is 0 Å². The van der Waals surface area contributed by atoms with E-state index in [9.17, 15) is 5.21 Å². The lowest BCUT2D eigenvalue weighted by Gasteiger charge is -2.27. The summed E-state index contributed by atoms with van der Waals surface area (Å²) in [4.78, 5) is 0. The molecule has 0 aliphatic heterocycles. The van der Waals surface area contributed by atoms with Crippen LogP contribution in [0.3, 0.4) is 0 Å². The fourth-order valence-electron chi connectivity index (χ4n) is 2.23. The first-order chi connectivity index (χ1) is 8.27. The summed E-state index contributed by atoms with van der Waals surface area (Å²) in [6.45, 7) is 0. The van der Waals surface area contributed by atoms with Gasteiger partial charge in [0.2, 0.25) is 0 Å². The van der Waals surface area contributed by atoms with Crippen molar-refractivity contribution in [2.75, 3.05) is 5.17 Å². The SMILES string of the molecule is NN([O-])c1c2ccccc2cc2ccccc12. The van der Waals surface area contributed by atoms with E-state index in [2.05, 4.69) is 6.07 Å². The van der Waals surface area contributed by atoms with Crippen LogP contribution in [0, 0.1) is 5.21 Å². The fourth-order valence-corrected chi connectivity index (χ4v) is 2.23. The smallest absolute Gasteiger partial charge is 0.0562 e. The predicted molar refractivity (Wildman–Crippen MR) is 71.5 cm³/mol. The maximum atomic E-state index is 11.6. The maximum absolute atomic E-state index is 11.6. The molecular formula is C14H11N2O-. The van der Waals surface area contributed by atoms with Gasteiger partial charge in [-0.05, 0) is 16.8 Å². The van der Waals surface area contributed by atoms with Gasteiger partial charge in [-0.3, -0.25) is 5.84 Å². The summed E-state index contributed by atoms with van der Waals surface area (Å²) in [7, 11) is 0. The lowest BCUT2D eigenvalue weighted by molar-refractivity contribution is 1.11. The predicted octanol–water partition coefficient (Wildman–Crippen LogP) is 3.17. The van der Waals surface area contributed by atoms with Gasteiger partial charge in [0.05, 0.1) is 5.69 Å². The first-order valence-electron chi connectivity index (χ1n) is 5.40. The van der Waals surface area contributed by atoms with Crippen LogP contribution in [-0.2, 0) is 0 Å². The van der Waals surface area contributed by atoms with E-state index in [1.54, 1.807) is 0 Å². The van der Waals surface area contributed by atoms with Crippen LogP contribution < -0.4 is 11.0 Å². The molecule has 0 aliphatic carbocycles. The van der Waals surface area contributed by atoms with Gasteiger partial charge in [-0.1, -0.05) is 48.5 Å². The molecule has 2 N–H and O–H groups in total. The molecule has 0 aliphatic rings. The number of hydrazine groups is 1. The molecule has 0 unspecified atom stereocenters. The molecule has 0 aromatic heterocycles. The highest BCUT2D eigenvalue weighted by Crippen LogP contribution is 2.33. The van der Waals surface area contributed by atoms with Crippen LogP contribution in [0.5, 0.6) is 0 Å². The van der Waals surface area contributed by atoms with E-state index in [4.69, 9.17) is 5.84 Å². The molecule has 0 saturated carbocycles. The molecule has 0 amide bonds. The second kappa shape index (κ2) is 3.73. The highest BCUT2D eigenvalue weighted by Gasteiger charge is 2.06. The van der Waals surface area contributed by atoms with Crippen LogP contribution in [0.1, 0.15) is 0 Å². The van der Waals surface area contributed by atoms with E-state index in [0.29, 0.717) is 10.9 Å². The number of benzene rings is 3. The van der Waals surface area contributed by atoms with Crippen molar-refractivity contribution in [2.45, 2.75) is 0 Å². The highest BCUT2D eigenvalue weighted by molar-refractivity contribution is 6.11. The Hall–Kier alpha value is -2.10. The molecule has 0 saturated heterocycles. The topological polar surface area (TPSA) is 52.3 Å². The molecular weight excluding hydrogens is 212 g/mol. The number of fused-ring (bicyclic) bond motifs is 2. The summed E-state index contributed by atoms with van der Waals surface area (Å²) in [5.74, 6) is 5.42. The van der Waals surface area contributed by atoms with E-state index in [1.807, 2.05) is 48.5 Å². The van der Waals surface area contributed by atoms with Crippen molar-refractivity contribution >= 4 is 27.2 Å². The van der Waals surface area contributed by atoms with Crippen LogP contribution in [0.4, 0.5) is 5.69 Å². The van der Waals surface area contributed by atoms with E-state index >= 15 is 0 Å². The van der Waals surface area contributed by atoms with Crippen molar-refractivity contribution in [3.05, 3.63) is 59.8 Å². The zero-order valence-electron chi connectivity index (χ0n) is 9.13. The average Bonchev–Trinajstić information content (AvgIpc) is 2.35. The van der Waals surface area contributed by atoms with Gasteiger partial charge in [0, 0.05) is 10.8 Å². The molecule has 84 valence electrons. The van der Waals surface area contributed by atoms with Crippen molar-refractivity contribution in [1.82, 2.24) is 0 Å². The second-order valence-electron chi connectivity index (χ2n) is 3.99. The van der Waals surface area contributed by atoms with Crippen LogP contribution in [0.15, 0.2) is 54.6 Å². The lowest BCUT2D eigenvalue weighted by atomic mass is 10.0. The summed E-state index contributed by atoms with van der Waals surface area (Å²) < 4.78 is 0. The molecule has 0 bridgehead atoms. The monoisotopic (exact) mass is 223 g/mol. The minimum absolute atomic E-state index is 0.449. The summed E-state index contributed by atoms with van der Waals surface area (Å²) in [5, 5.41) is 15.8. The van der Waals surface area contributed by atoms with Gasteiger partial charge >= 0.3 is 0 Å².